The van der Waals surface area contributed by atoms with Crippen LogP contribution in [-0.4, -0.2) is 39.1 Å². The third-order valence-electron chi connectivity index (χ3n) is 6.08. The van der Waals surface area contributed by atoms with Gasteiger partial charge in [-0.2, -0.15) is 5.10 Å². The fraction of sp³-hybridized carbons (Fsp3) is 0.192. The van der Waals surface area contributed by atoms with E-state index in [2.05, 4.69) is 9.97 Å². The molecule has 0 N–H and O–H groups in total. The molecule has 3 aromatic heterocycles. The van der Waals surface area contributed by atoms with Crippen LogP contribution in [0.1, 0.15) is 12.5 Å². The van der Waals surface area contributed by atoms with E-state index in [0.29, 0.717) is 52.4 Å². The Labute approximate surface area is 193 Å². The number of rotatable bonds is 4. The van der Waals surface area contributed by atoms with Crippen molar-refractivity contribution in [1.82, 2.24) is 19.7 Å². The van der Waals surface area contributed by atoms with Crippen molar-refractivity contribution in [3.8, 4) is 33.8 Å². The number of halogens is 2. The third-order valence-corrected chi connectivity index (χ3v) is 6.08. The molecule has 0 bridgehead atoms. The number of nitrogens with zero attached hydrogens (tertiary/aromatic N) is 4. The van der Waals surface area contributed by atoms with E-state index in [9.17, 15) is 8.78 Å². The van der Waals surface area contributed by atoms with Gasteiger partial charge in [0.05, 0.1) is 23.7 Å². The molecule has 5 aromatic rings. The lowest BCUT2D eigenvalue weighted by Crippen LogP contribution is -2.31. The van der Waals surface area contributed by atoms with E-state index in [1.807, 2.05) is 36.4 Å². The highest BCUT2D eigenvalue weighted by Gasteiger charge is 2.30. The smallest absolute Gasteiger partial charge is 0.230 e. The molecule has 0 spiro atoms. The lowest BCUT2D eigenvalue weighted by atomic mass is 10.0. The molecule has 1 saturated heterocycles. The van der Waals surface area contributed by atoms with Crippen LogP contribution in [0, 0.1) is 5.82 Å². The minimum Gasteiger partial charge on any atom is -0.438 e. The van der Waals surface area contributed by atoms with Gasteiger partial charge in [-0.05, 0) is 36.8 Å². The standard InChI is InChI=1S/C26H20F2N4O2/c27-18-8-6-17(7-9-18)24-20(13-32(31-24)22-10-11-33-14-21(22)28)25-19-12-23(16-4-2-1-3-5-16)34-26(19)30-15-29-25/h1-9,12-13,15,21-22H,10-11,14H2/t21-,22-/m0/s1. The molecule has 4 heterocycles. The zero-order valence-corrected chi connectivity index (χ0v) is 18.1. The van der Waals surface area contributed by atoms with Crippen LogP contribution in [-0.2, 0) is 4.74 Å². The molecule has 2 aromatic carbocycles. The first-order valence-electron chi connectivity index (χ1n) is 11.0. The average molecular weight is 458 g/mol. The van der Waals surface area contributed by atoms with Crippen LogP contribution in [0.4, 0.5) is 8.78 Å². The molecule has 0 unspecified atom stereocenters. The highest BCUT2D eigenvalue weighted by molar-refractivity contribution is 5.95. The van der Waals surface area contributed by atoms with Gasteiger partial charge in [0.25, 0.3) is 0 Å². The quantitative estimate of drug-likeness (QED) is 0.338. The number of furan rings is 1. The summed E-state index contributed by atoms with van der Waals surface area (Å²) in [6.45, 7) is 0.498. The topological polar surface area (TPSA) is 66.0 Å². The number of ether oxygens (including phenoxy) is 1. The molecule has 170 valence electrons. The zero-order valence-electron chi connectivity index (χ0n) is 18.1. The Morgan fingerprint density at radius 3 is 2.56 bits per heavy atom. The predicted molar refractivity (Wildman–Crippen MR) is 123 cm³/mol. The minimum atomic E-state index is -1.17. The maximum atomic E-state index is 14.7. The summed E-state index contributed by atoms with van der Waals surface area (Å²) >= 11 is 0. The Bertz CT molecular complexity index is 1450. The fourth-order valence-electron chi connectivity index (χ4n) is 4.36. The summed E-state index contributed by atoms with van der Waals surface area (Å²) in [6.07, 6.45) is 2.58. The maximum absolute atomic E-state index is 14.7. The summed E-state index contributed by atoms with van der Waals surface area (Å²) in [5.74, 6) is 0.325. The summed E-state index contributed by atoms with van der Waals surface area (Å²) < 4.78 is 41.2. The van der Waals surface area contributed by atoms with Crippen molar-refractivity contribution in [3.63, 3.8) is 0 Å². The molecule has 6 rings (SSSR count). The largest absolute Gasteiger partial charge is 0.438 e. The van der Waals surface area contributed by atoms with Gasteiger partial charge in [0.1, 0.15) is 29.8 Å². The number of alkyl halides is 1. The van der Waals surface area contributed by atoms with Gasteiger partial charge in [-0.15, -0.1) is 0 Å². The van der Waals surface area contributed by atoms with Crippen molar-refractivity contribution in [2.45, 2.75) is 18.6 Å². The molecule has 1 fully saturated rings. The second kappa shape index (κ2) is 8.46. The molecule has 2 atom stereocenters. The molecule has 0 aliphatic carbocycles. The number of aromatic nitrogens is 4. The first kappa shape index (κ1) is 20.7. The van der Waals surface area contributed by atoms with Crippen LogP contribution in [0.15, 0.2) is 77.6 Å². The van der Waals surface area contributed by atoms with Crippen molar-refractivity contribution in [2.24, 2.45) is 0 Å². The minimum absolute atomic E-state index is 0.0334. The first-order valence-corrected chi connectivity index (χ1v) is 11.0. The van der Waals surface area contributed by atoms with Crippen molar-refractivity contribution in [2.75, 3.05) is 13.2 Å². The lowest BCUT2D eigenvalue weighted by Gasteiger charge is -2.26. The van der Waals surface area contributed by atoms with Crippen LogP contribution in [0.3, 0.4) is 0 Å². The van der Waals surface area contributed by atoms with Gasteiger partial charge in [-0.3, -0.25) is 4.68 Å². The van der Waals surface area contributed by atoms with Gasteiger partial charge in [0.15, 0.2) is 0 Å². The Hall–Kier alpha value is -3.91. The molecule has 8 heteroatoms. The first-order chi connectivity index (χ1) is 16.7. The van der Waals surface area contributed by atoms with Gasteiger partial charge in [0.2, 0.25) is 5.71 Å². The van der Waals surface area contributed by atoms with Gasteiger partial charge in [0, 0.05) is 29.5 Å². The fourth-order valence-corrected chi connectivity index (χ4v) is 4.36. The van der Waals surface area contributed by atoms with E-state index in [1.54, 1.807) is 23.0 Å². The van der Waals surface area contributed by atoms with Crippen molar-refractivity contribution >= 4 is 11.1 Å². The Morgan fingerprint density at radius 2 is 1.76 bits per heavy atom. The molecule has 6 nitrogen and oxygen atoms in total. The zero-order chi connectivity index (χ0) is 23.1. The van der Waals surface area contributed by atoms with E-state index in [4.69, 9.17) is 14.3 Å². The second-order valence-electron chi connectivity index (χ2n) is 8.24. The molecule has 1 aliphatic rings. The van der Waals surface area contributed by atoms with E-state index >= 15 is 0 Å². The summed E-state index contributed by atoms with van der Waals surface area (Å²) in [6, 6.07) is 17.3. The predicted octanol–water partition coefficient (Wildman–Crippen LogP) is 5.86. The van der Waals surface area contributed by atoms with Gasteiger partial charge in [-0.25, -0.2) is 18.7 Å². The lowest BCUT2D eigenvalue weighted by molar-refractivity contribution is -0.0000570. The van der Waals surface area contributed by atoms with Crippen LogP contribution in [0.5, 0.6) is 0 Å². The van der Waals surface area contributed by atoms with E-state index < -0.39 is 12.2 Å². The molecule has 0 radical (unpaired) electrons. The van der Waals surface area contributed by atoms with Crippen LogP contribution in [0.25, 0.3) is 44.9 Å². The van der Waals surface area contributed by atoms with Crippen molar-refractivity contribution in [3.05, 3.63) is 79.0 Å². The van der Waals surface area contributed by atoms with Crippen LogP contribution in [0.2, 0.25) is 0 Å². The van der Waals surface area contributed by atoms with Gasteiger partial charge in [-0.1, -0.05) is 30.3 Å². The average Bonchev–Trinajstić information content (AvgIpc) is 3.50. The van der Waals surface area contributed by atoms with Crippen molar-refractivity contribution in [1.29, 1.82) is 0 Å². The molecule has 34 heavy (non-hydrogen) atoms. The summed E-state index contributed by atoms with van der Waals surface area (Å²) in [5, 5.41) is 5.46. The monoisotopic (exact) mass is 458 g/mol. The normalized spacial score (nSPS) is 18.4. The second-order valence-corrected chi connectivity index (χ2v) is 8.24. The third kappa shape index (κ3) is 3.66. The Kier molecular flexibility index (Phi) is 5.15. The Morgan fingerprint density at radius 1 is 0.941 bits per heavy atom. The summed E-state index contributed by atoms with van der Waals surface area (Å²) in [7, 11) is 0. The maximum Gasteiger partial charge on any atom is 0.230 e. The number of hydrogen-bond acceptors (Lipinski definition) is 5. The molecule has 0 amide bonds. The van der Waals surface area contributed by atoms with Gasteiger partial charge >= 0.3 is 0 Å². The number of benzene rings is 2. The summed E-state index contributed by atoms with van der Waals surface area (Å²) in [4.78, 5) is 8.85. The van der Waals surface area contributed by atoms with E-state index in [0.717, 1.165) is 5.56 Å². The van der Waals surface area contributed by atoms with Crippen LogP contribution >= 0.6 is 0 Å². The van der Waals surface area contributed by atoms with Gasteiger partial charge < -0.3 is 9.15 Å². The SMILES string of the molecule is Fc1ccc(-c2nn([C@H]3CCOC[C@@H]3F)cc2-c2ncnc3oc(-c4ccccc4)cc23)cc1. The summed E-state index contributed by atoms with van der Waals surface area (Å²) in [5.41, 5.74) is 3.96. The molecular weight excluding hydrogens is 438 g/mol. The molecule has 1 aliphatic heterocycles. The molecular formula is C26H20F2N4O2. The van der Waals surface area contributed by atoms with Crippen LogP contribution < -0.4 is 0 Å². The Balaban J connectivity index is 1.53. The number of hydrogen-bond donors (Lipinski definition) is 0. The van der Waals surface area contributed by atoms with E-state index in [1.165, 1.54) is 18.5 Å². The molecule has 0 saturated carbocycles. The van der Waals surface area contributed by atoms with E-state index in [-0.39, 0.29) is 12.4 Å². The highest BCUT2D eigenvalue weighted by Crippen LogP contribution is 2.38. The van der Waals surface area contributed by atoms with Crippen molar-refractivity contribution < 1.29 is 17.9 Å². The number of fused-ring (bicyclic) bond motifs is 1. The highest BCUT2D eigenvalue weighted by atomic mass is 19.1.